The highest BCUT2D eigenvalue weighted by molar-refractivity contribution is 5.84. The van der Waals surface area contributed by atoms with Gasteiger partial charge in [0.1, 0.15) is 5.82 Å². The third-order valence-corrected chi connectivity index (χ3v) is 4.39. The van der Waals surface area contributed by atoms with Gasteiger partial charge in [0.15, 0.2) is 17.0 Å². The van der Waals surface area contributed by atoms with E-state index >= 15 is 0 Å². The van der Waals surface area contributed by atoms with Crippen molar-refractivity contribution in [3.63, 3.8) is 0 Å². The van der Waals surface area contributed by atoms with E-state index in [0.717, 1.165) is 6.07 Å². The van der Waals surface area contributed by atoms with Crippen molar-refractivity contribution in [2.45, 2.75) is 18.9 Å². The SMILES string of the molecule is CC1=N[C@@](c2cc(Nc3nccn4ccnc34)ccc2F)(C(F)F)COC1. The number of nitrogens with one attached hydrogen (secondary N) is 1. The van der Waals surface area contributed by atoms with Gasteiger partial charge in [-0.1, -0.05) is 0 Å². The third kappa shape index (κ3) is 3.03. The largest absolute Gasteiger partial charge is 0.372 e. The van der Waals surface area contributed by atoms with E-state index in [0.29, 0.717) is 22.9 Å². The van der Waals surface area contributed by atoms with Crippen LogP contribution in [0, 0.1) is 5.82 Å². The summed E-state index contributed by atoms with van der Waals surface area (Å²) in [7, 11) is 0. The summed E-state index contributed by atoms with van der Waals surface area (Å²) >= 11 is 0. The number of aromatic nitrogens is 3. The second-order valence-corrected chi connectivity index (χ2v) is 6.32. The van der Waals surface area contributed by atoms with Gasteiger partial charge in [-0.2, -0.15) is 0 Å². The van der Waals surface area contributed by atoms with Crippen molar-refractivity contribution in [1.82, 2.24) is 14.4 Å². The number of anilines is 2. The van der Waals surface area contributed by atoms with Crippen LogP contribution in [0.4, 0.5) is 24.7 Å². The lowest BCUT2D eigenvalue weighted by Gasteiger charge is -2.33. The number of nitrogens with zero attached hydrogens (tertiary/aromatic N) is 4. The monoisotopic (exact) mass is 375 g/mol. The molecule has 140 valence electrons. The van der Waals surface area contributed by atoms with Gasteiger partial charge >= 0.3 is 0 Å². The van der Waals surface area contributed by atoms with E-state index in [4.69, 9.17) is 4.74 Å². The number of imidazole rings is 1. The first kappa shape index (κ1) is 17.5. The van der Waals surface area contributed by atoms with Gasteiger partial charge < -0.3 is 14.5 Å². The highest BCUT2D eigenvalue weighted by atomic mass is 19.3. The average Bonchev–Trinajstić information content (AvgIpc) is 3.13. The number of aliphatic imine (C=N–C) groups is 1. The first-order valence-corrected chi connectivity index (χ1v) is 8.25. The number of benzene rings is 1. The maximum Gasteiger partial charge on any atom is 0.269 e. The van der Waals surface area contributed by atoms with E-state index in [1.54, 1.807) is 36.1 Å². The highest BCUT2D eigenvalue weighted by Crippen LogP contribution is 2.38. The van der Waals surface area contributed by atoms with E-state index in [2.05, 4.69) is 20.3 Å². The fourth-order valence-corrected chi connectivity index (χ4v) is 3.14. The van der Waals surface area contributed by atoms with Crippen molar-refractivity contribution in [1.29, 1.82) is 0 Å². The van der Waals surface area contributed by atoms with Crippen molar-refractivity contribution < 1.29 is 17.9 Å². The summed E-state index contributed by atoms with van der Waals surface area (Å²) in [5.74, 6) is -0.347. The van der Waals surface area contributed by atoms with Gasteiger partial charge in [-0.15, -0.1) is 0 Å². The van der Waals surface area contributed by atoms with Crippen LogP contribution in [0.5, 0.6) is 0 Å². The molecule has 2 aromatic heterocycles. The summed E-state index contributed by atoms with van der Waals surface area (Å²) in [5, 5.41) is 3.01. The molecule has 0 unspecified atom stereocenters. The third-order valence-electron chi connectivity index (χ3n) is 4.39. The molecule has 1 aliphatic rings. The summed E-state index contributed by atoms with van der Waals surface area (Å²) in [6, 6.07) is 3.90. The molecule has 0 aliphatic carbocycles. The summed E-state index contributed by atoms with van der Waals surface area (Å²) in [6.45, 7) is 1.34. The van der Waals surface area contributed by atoms with Crippen LogP contribution in [0.1, 0.15) is 12.5 Å². The second kappa shape index (κ2) is 6.66. The van der Waals surface area contributed by atoms with Gasteiger partial charge in [-0.25, -0.2) is 23.1 Å². The lowest BCUT2D eigenvalue weighted by Crippen LogP contribution is -2.43. The molecular formula is C18H16F3N5O. The fraction of sp³-hybridized carbons (Fsp3) is 0.278. The quantitative estimate of drug-likeness (QED) is 0.757. The van der Waals surface area contributed by atoms with Crippen molar-refractivity contribution >= 4 is 22.9 Å². The molecule has 1 N–H and O–H groups in total. The summed E-state index contributed by atoms with van der Waals surface area (Å²) in [4.78, 5) is 12.5. The van der Waals surface area contributed by atoms with Crippen LogP contribution in [-0.2, 0) is 10.3 Å². The molecule has 1 aliphatic heterocycles. The fourth-order valence-electron chi connectivity index (χ4n) is 3.14. The molecule has 4 rings (SSSR count). The number of ether oxygens (including phenoxy) is 1. The Bertz CT molecular complexity index is 1020. The van der Waals surface area contributed by atoms with E-state index in [1.165, 1.54) is 12.1 Å². The first-order chi connectivity index (χ1) is 13.0. The maximum atomic E-state index is 14.5. The number of alkyl halides is 2. The number of fused-ring (bicyclic) bond motifs is 1. The van der Waals surface area contributed by atoms with Crippen LogP contribution < -0.4 is 5.32 Å². The smallest absolute Gasteiger partial charge is 0.269 e. The lowest BCUT2D eigenvalue weighted by atomic mass is 9.89. The predicted octanol–water partition coefficient (Wildman–Crippen LogP) is 3.56. The molecule has 1 atom stereocenters. The number of hydrogen-bond acceptors (Lipinski definition) is 5. The molecule has 0 radical (unpaired) electrons. The van der Waals surface area contributed by atoms with Crippen LogP contribution in [0.25, 0.3) is 5.65 Å². The van der Waals surface area contributed by atoms with E-state index in [9.17, 15) is 13.2 Å². The van der Waals surface area contributed by atoms with Crippen molar-refractivity contribution in [2.75, 3.05) is 18.5 Å². The van der Waals surface area contributed by atoms with E-state index < -0.39 is 24.4 Å². The molecular weight excluding hydrogens is 359 g/mol. The summed E-state index contributed by atoms with van der Waals surface area (Å²) < 4.78 is 49.4. The van der Waals surface area contributed by atoms with Crippen LogP contribution in [-0.4, -0.2) is 39.7 Å². The van der Waals surface area contributed by atoms with Gasteiger partial charge in [-0.05, 0) is 25.1 Å². The van der Waals surface area contributed by atoms with Crippen LogP contribution in [0.2, 0.25) is 0 Å². The Labute approximate surface area is 152 Å². The Morgan fingerprint density at radius 1 is 1.22 bits per heavy atom. The molecule has 0 spiro atoms. The molecule has 3 aromatic rings. The molecule has 0 bridgehead atoms. The van der Waals surface area contributed by atoms with Crippen LogP contribution in [0.15, 0.2) is 48.0 Å². The first-order valence-electron chi connectivity index (χ1n) is 8.25. The van der Waals surface area contributed by atoms with E-state index in [1.807, 2.05) is 0 Å². The number of rotatable bonds is 4. The van der Waals surface area contributed by atoms with Crippen LogP contribution in [0.3, 0.4) is 0 Å². The normalized spacial score (nSPS) is 20.1. The van der Waals surface area contributed by atoms with Crippen molar-refractivity contribution in [2.24, 2.45) is 4.99 Å². The zero-order valence-electron chi connectivity index (χ0n) is 14.4. The molecule has 9 heteroatoms. The van der Waals surface area contributed by atoms with Gasteiger partial charge in [0, 0.05) is 41.7 Å². The number of halogens is 3. The Morgan fingerprint density at radius 2 is 2.00 bits per heavy atom. The minimum absolute atomic E-state index is 0.153. The molecule has 0 amide bonds. The molecule has 0 saturated heterocycles. The molecule has 27 heavy (non-hydrogen) atoms. The zero-order chi connectivity index (χ0) is 19.0. The summed E-state index contributed by atoms with van der Waals surface area (Å²) in [5.41, 5.74) is -0.952. The minimum atomic E-state index is -2.92. The van der Waals surface area contributed by atoms with Gasteiger partial charge in [0.05, 0.1) is 13.2 Å². The Kier molecular flexibility index (Phi) is 4.31. The molecule has 3 heterocycles. The van der Waals surface area contributed by atoms with E-state index in [-0.39, 0.29) is 12.2 Å². The minimum Gasteiger partial charge on any atom is -0.372 e. The topological polar surface area (TPSA) is 63.8 Å². The Hall–Kier alpha value is -2.94. The van der Waals surface area contributed by atoms with Crippen molar-refractivity contribution in [3.8, 4) is 0 Å². The Balaban J connectivity index is 1.77. The average molecular weight is 375 g/mol. The number of hydrogen-bond donors (Lipinski definition) is 1. The predicted molar refractivity (Wildman–Crippen MR) is 94.3 cm³/mol. The zero-order valence-corrected chi connectivity index (χ0v) is 14.4. The standard InChI is InChI=1S/C18H16F3N5O/c1-11-9-27-10-18(25-11,17(20)21)13-8-12(2-3-14(13)19)24-15-16-23-5-7-26(16)6-4-22-15/h2-8,17H,9-10H2,1H3,(H,22,24)/t18-/m0/s1. The molecule has 6 nitrogen and oxygen atoms in total. The second-order valence-electron chi connectivity index (χ2n) is 6.32. The summed E-state index contributed by atoms with van der Waals surface area (Å²) in [6.07, 6.45) is 3.74. The maximum absolute atomic E-state index is 14.5. The van der Waals surface area contributed by atoms with Gasteiger partial charge in [-0.3, -0.25) is 4.99 Å². The van der Waals surface area contributed by atoms with Gasteiger partial charge in [0.2, 0.25) is 0 Å². The Morgan fingerprint density at radius 3 is 2.74 bits per heavy atom. The molecule has 0 fully saturated rings. The van der Waals surface area contributed by atoms with Crippen molar-refractivity contribution in [3.05, 3.63) is 54.4 Å². The van der Waals surface area contributed by atoms with Crippen LogP contribution >= 0.6 is 0 Å². The molecule has 1 aromatic carbocycles. The highest BCUT2D eigenvalue weighted by Gasteiger charge is 2.46. The lowest BCUT2D eigenvalue weighted by molar-refractivity contribution is -0.0143. The molecule has 0 saturated carbocycles. The van der Waals surface area contributed by atoms with Gasteiger partial charge in [0.25, 0.3) is 6.43 Å².